The van der Waals surface area contributed by atoms with Crippen LogP contribution in [0.5, 0.6) is 5.75 Å². The van der Waals surface area contributed by atoms with Gasteiger partial charge in [0, 0.05) is 18.5 Å². The van der Waals surface area contributed by atoms with Crippen molar-refractivity contribution < 1.29 is 14.3 Å². The molecule has 1 saturated heterocycles. The van der Waals surface area contributed by atoms with Crippen molar-refractivity contribution in [3.8, 4) is 5.75 Å². The van der Waals surface area contributed by atoms with Crippen molar-refractivity contribution in [2.75, 3.05) is 30.3 Å². The third-order valence-electron chi connectivity index (χ3n) is 5.58. The number of thioether (sulfide) groups is 1. The first kappa shape index (κ1) is 20.3. The van der Waals surface area contributed by atoms with Gasteiger partial charge in [-0.1, -0.05) is 23.9 Å². The van der Waals surface area contributed by atoms with Gasteiger partial charge < -0.3 is 14.5 Å². The van der Waals surface area contributed by atoms with Crippen LogP contribution in [0.15, 0.2) is 47.1 Å². The smallest absolute Gasteiger partial charge is 0.265 e. The van der Waals surface area contributed by atoms with Crippen LogP contribution in [0.25, 0.3) is 10.2 Å². The third kappa shape index (κ3) is 4.12. The Morgan fingerprint density at radius 3 is 2.84 bits per heavy atom. The number of nitrogens with zero attached hydrogens (tertiary/aromatic N) is 4. The molecule has 0 aliphatic carbocycles. The van der Waals surface area contributed by atoms with Crippen LogP contribution in [0.2, 0.25) is 0 Å². The lowest BCUT2D eigenvalue weighted by Crippen LogP contribution is -2.53. The zero-order chi connectivity index (χ0) is 21.2. The minimum atomic E-state index is -0.676. The number of carbonyl (C=O) groups is 2. The molecule has 0 unspecified atom stereocenters. The minimum Gasteiger partial charge on any atom is -0.476 e. The molecule has 2 amide bonds. The number of piperidine rings is 1. The molecule has 7 nitrogen and oxygen atoms in total. The fourth-order valence-corrected chi connectivity index (χ4v) is 5.66. The van der Waals surface area contributed by atoms with Gasteiger partial charge in [0.2, 0.25) is 5.91 Å². The zero-order valence-corrected chi connectivity index (χ0v) is 18.5. The van der Waals surface area contributed by atoms with Gasteiger partial charge in [-0.25, -0.2) is 9.97 Å². The van der Waals surface area contributed by atoms with Gasteiger partial charge in [-0.3, -0.25) is 9.59 Å². The second-order valence-electron chi connectivity index (χ2n) is 7.57. The van der Waals surface area contributed by atoms with Gasteiger partial charge in [-0.15, -0.1) is 11.3 Å². The molecule has 31 heavy (non-hydrogen) atoms. The SMILES string of the molecule is O=C([C@H]1CN(C(=O)CSc2ncnc3sccc23)c2ccccc2O1)N1CCCCC1. The Kier molecular flexibility index (Phi) is 5.78. The van der Waals surface area contributed by atoms with Crippen molar-refractivity contribution in [3.63, 3.8) is 0 Å². The number of aromatic nitrogens is 2. The van der Waals surface area contributed by atoms with Crippen LogP contribution in [0.3, 0.4) is 0 Å². The Bertz CT molecular complexity index is 1110. The van der Waals surface area contributed by atoms with Crippen LogP contribution in [0.1, 0.15) is 19.3 Å². The predicted octanol–water partition coefficient (Wildman–Crippen LogP) is 3.59. The second kappa shape index (κ2) is 8.84. The van der Waals surface area contributed by atoms with E-state index in [4.69, 9.17) is 4.74 Å². The lowest BCUT2D eigenvalue weighted by atomic mass is 10.1. The summed E-state index contributed by atoms with van der Waals surface area (Å²) < 4.78 is 6.03. The monoisotopic (exact) mass is 454 g/mol. The summed E-state index contributed by atoms with van der Waals surface area (Å²) in [6.45, 7) is 1.74. The number of amides is 2. The topological polar surface area (TPSA) is 75.6 Å². The Balaban J connectivity index is 1.34. The lowest BCUT2D eigenvalue weighted by molar-refractivity contribution is -0.139. The highest BCUT2D eigenvalue weighted by Gasteiger charge is 2.36. The molecule has 9 heteroatoms. The molecule has 3 aromatic rings. The average molecular weight is 455 g/mol. The van der Waals surface area contributed by atoms with E-state index in [-0.39, 0.29) is 24.1 Å². The van der Waals surface area contributed by atoms with Gasteiger partial charge in [-0.05, 0) is 42.8 Å². The Morgan fingerprint density at radius 2 is 1.97 bits per heavy atom. The summed E-state index contributed by atoms with van der Waals surface area (Å²) in [5, 5.41) is 3.73. The number of para-hydroxylation sites is 2. The number of anilines is 1. The van der Waals surface area contributed by atoms with E-state index in [2.05, 4.69) is 9.97 Å². The highest BCUT2D eigenvalue weighted by atomic mass is 32.2. The first-order valence-corrected chi connectivity index (χ1v) is 12.2. The molecular formula is C22H22N4O3S2. The maximum absolute atomic E-state index is 13.2. The molecule has 0 bridgehead atoms. The van der Waals surface area contributed by atoms with E-state index in [0.717, 1.165) is 47.6 Å². The number of fused-ring (bicyclic) bond motifs is 2. The number of rotatable bonds is 4. The molecule has 2 aliphatic rings. The van der Waals surface area contributed by atoms with E-state index in [1.165, 1.54) is 18.1 Å². The van der Waals surface area contributed by atoms with E-state index in [9.17, 15) is 9.59 Å². The highest BCUT2D eigenvalue weighted by Crippen LogP contribution is 2.35. The fraction of sp³-hybridized carbons (Fsp3) is 0.364. The maximum Gasteiger partial charge on any atom is 0.265 e. The summed E-state index contributed by atoms with van der Waals surface area (Å²) in [7, 11) is 0. The van der Waals surface area contributed by atoms with Gasteiger partial charge in [-0.2, -0.15) is 0 Å². The number of hydrogen-bond donors (Lipinski definition) is 0. The van der Waals surface area contributed by atoms with Crippen LogP contribution < -0.4 is 9.64 Å². The Hall–Kier alpha value is -2.65. The van der Waals surface area contributed by atoms with Gasteiger partial charge >= 0.3 is 0 Å². The number of ether oxygens (including phenoxy) is 1. The normalized spacial score (nSPS) is 18.5. The number of benzene rings is 1. The van der Waals surface area contributed by atoms with E-state index in [1.807, 2.05) is 40.6 Å². The van der Waals surface area contributed by atoms with Crippen LogP contribution in [-0.4, -0.2) is 58.2 Å². The van der Waals surface area contributed by atoms with Crippen LogP contribution >= 0.6 is 23.1 Å². The van der Waals surface area contributed by atoms with E-state index in [1.54, 1.807) is 16.2 Å². The fourth-order valence-electron chi connectivity index (χ4n) is 4.01. The first-order chi connectivity index (χ1) is 15.2. The molecular weight excluding hydrogens is 432 g/mol. The van der Waals surface area contributed by atoms with Crippen LogP contribution in [-0.2, 0) is 9.59 Å². The predicted molar refractivity (Wildman–Crippen MR) is 122 cm³/mol. The van der Waals surface area contributed by atoms with Crippen LogP contribution in [0.4, 0.5) is 5.69 Å². The van der Waals surface area contributed by atoms with Gasteiger partial charge in [0.25, 0.3) is 5.91 Å². The molecule has 1 atom stereocenters. The third-order valence-corrected chi connectivity index (χ3v) is 7.39. The maximum atomic E-state index is 13.2. The van der Waals surface area contributed by atoms with E-state index in [0.29, 0.717) is 11.4 Å². The summed E-state index contributed by atoms with van der Waals surface area (Å²) in [6, 6.07) is 9.39. The standard InChI is InChI=1S/C22H22N4O3S2/c27-19(13-31-21-15-8-11-30-20(15)23-14-24-21)26-12-18(22(28)25-9-4-1-5-10-25)29-17-7-3-2-6-16(17)26/h2-3,6-8,11,14,18H,1,4-5,9-10,12-13H2/t18-/m1/s1. The van der Waals surface area contributed by atoms with Gasteiger partial charge in [0.05, 0.1) is 18.0 Å². The number of thiophene rings is 1. The van der Waals surface area contributed by atoms with Crippen molar-refractivity contribution in [3.05, 3.63) is 42.0 Å². The summed E-state index contributed by atoms with van der Waals surface area (Å²) in [5.74, 6) is 0.695. The molecule has 0 radical (unpaired) electrons. The second-order valence-corrected chi connectivity index (χ2v) is 9.43. The summed E-state index contributed by atoms with van der Waals surface area (Å²) in [4.78, 5) is 39.4. The number of carbonyl (C=O) groups excluding carboxylic acids is 2. The molecule has 2 aliphatic heterocycles. The van der Waals surface area contributed by atoms with Crippen molar-refractivity contribution in [1.82, 2.24) is 14.9 Å². The van der Waals surface area contributed by atoms with Crippen molar-refractivity contribution in [1.29, 1.82) is 0 Å². The summed E-state index contributed by atoms with van der Waals surface area (Å²) >= 11 is 2.95. The number of hydrogen-bond acceptors (Lipinski definition) is 7. The quantitative estimate of drug-likeness (QED) is 0.443. The van der Waals surface area contributed by atoms with Crippen molar-refractivity contribution in [2.45, 2.75) is 30.4 Å². The largest absolute Gasteiger partial charge is 0.476 e. The molecule has 160 valence electrons. The molecule has 0 N–H and O–H groups in total. The van der Waals surface area contributed by atoms with Crippen LogP contribution in [0, 0.1) is 0 Å². The van der Waals surface area contributed by atoms with E-state index >= 15 is 0 Å². The molecule has 2 aromatic heterocycles. The van der Waals surface area contributed by atoms with Gasteiger partial charge in [0.15, 0.2) is 6.10 Å². The Labute approximate surface area is 188 Å². The lowest BCUT2D eigenvalue weighted by Gasteiger charge is -2.37. The molecule has 4 heterocycles. The molecule has 0 spiro atoms. The van der Waals surface area contributed by atoms with Crippen molar-refractivity contribution >= 4 is 50.8 Å². The summed E-state index contributed by atoms with van der Waals surface area (Å²) in [6.07, 6.45) is 4.04. The molecule has 0 saturated carbocycles. The molecule has 5 rings (SSSR count). The highest BCUT2D eigenvalue weighted by molar-refractivity contribution is 8.00. The minimum absolute atomic E-state index is 0.0320. The van der Waals surface area contributed by atoms with Crippen molar-refractivity contribution in [2.24, 2.45) is 0 Å². The average Bonchev–Trinajstić information content (AvgIpc) is 3.31. The number of likely N-dealkylation sites (tertiary alicyclic amines) is 1. The van der Waals surface area contributed by atoms with E-state index < -0.39 is 6.10 Å². The van der Waals surface area contributed by atoms with Gasteiger partial charge in [0.1, 0.15) is 21.9 Å². The first-order valence-electron chi connectivity index (χ1n) is 10.4. The Morgan fingerprint density at radius 1 is 1.13 bits per heavy atom. The molecule has 1 aromatic carbocycles. The molecule has 1 fully saturated rings. The summed E-state index contributed by atoms with van der Waals surface area (Å²) in [5.41, 5.74) is 0.708. The zero-order valence-electron chi connectivity index (χ0n) is 16.9.